The molecule has 0 N–H and O–H groups in total. The Labute approximate surface area is 63.4 Å². The zero-order chi connectivity index (χ0) is 7.98. The first-order chi connectivity index (χ1) is 4.63. The molecule has 0 saturated carbocycles. The second-order valence-electron chi connectivity index (χ2n) is 2.61. The maximum atomic E-state index is 2.00. The molecule has 0 aromatic rings. The second-order valence-corrected chi connectivity index (χ2v) is 2.61. The third-order valence-corrected chi connectivity index (χ3v) is 0.880. The molecular formula is C8H16N2. The minimum Gasteiger partial charge on any atom is -0.383 e. The van der Waals surface area contributed by atoms with E-state index in [4.69, 9.17) is 0 Å². The maximum Gasteiger partial charge on any atom is 0.00556 e. The van der Waals surface area contributed by atoms with Crippen LogP contribution in [0.25, 0.3) is 0 Å². The van der Waals surface area contributed by atoms with Gasteiger partial charge in [-0.15, -0.1) is 0 Å². The van der Waals surface area contributed by atoms with E-state index in [1.807, 2.05) is 62.5 Å². The molecule has 0 aliphatic heterocycles. The molecule has 0 aromatic heterocycles. The lowest BCUT2D eigenvalue weighted by atomic mass is 10.5. The lowest BCUT2D eigenvalue weighted by Gasteiger charge is -2.03. The van der Waals surface area contributed by atoms with Gasteiger partial charge in [0.2, 0.25) is 0 Å². The first-order valence-electron chi connectivity index (χ1n) is 3.31. The Balaban J connectivity index is 3.52. The van der Waals surface area contributed by atoms with Gasteiger partial charge in [0.15, 0.2) is 0 Å². The Morgan fingerprint density at radius 1 is 0.700 bits per heavy atom. The third-order valence-electron chi connectivity index (χ3n) is 0.880. The average Bonchev–Trinajstić information content (AvgIpc) is 1.79. The summed E-state index contributed by atoms with van der Waals surface area (Å²) in [6.45, 7) is 0. The summed E-state index contributed by atoms with van der Waals surface area (Å²) in [5.74, 6) is 0. The summed E-state index contributed by atoms with van der Waals surface area (Å²) < 4.78 is 0. The van der Waals surface area contributed by atoms with Crippen molar-refractivity contribution in [3.05, 3.63) is 24.6 Å². The lowest BCUT2D eigenvalue weighted by Crippen LogP contribution is -2.01. The summed E-state index contributed by atoms with van der Waals surface area (Å²) in [4.78, 5) is 4.00. The molecule has 0 aromatic carbocycles. The SMILES string of the molecule is CN(C)/C=C\C=C\N(C)C. The Kier molecular flexibility index (Phi) is 4.46. The van der Waals surface area contributed by atoms with E-state index >= 15 is 0 Å². The van der Waals surface area contributed by atoms with Crippen molar-refractivity contribution in [3.8, 4) is 0 Å². The molecule has 0 aliphatic rings. The van der Waals surface area contributed by atoms with Crippen LogP contribution in [0.3, 0.4) is 0 Å². The number of hydrogen-bond acceptors (Lipinski definition) is 2. The molecule has 10 heavy (non-hydrogen) atoms. The second kappa shape index (κ2) is 4.91. The van der Waals surface area contributed by atoms with Gasteiger partial charge >= 0.3 is 0 Å². The molecule has 0 fully saturated rings. The fourth-order valence-electron chi connectivity index (χ4n) is 0.444. The van der Waals surface area contributed by atoms with E-state index in [2.05, 4.69) is 0 Å². The van der Waals surface area contributed by atoms with Crippen molar-refractivity contribution in [2.75, 3.05) is 28.2 Å². The van der Waals surface area contributed by atoms with E-state index in [-0.39, 0.29) is 0 Å². The molecule has 0 atom stereocenters. The Morgan fingerprint density at radius 3 is 1.20 bits per heavy atom. The quantitative estimate of drug-likeness (QED) is 0.542. The molecule has 0 unspecified atom stereocenters. The van der Waals surface area contributed by atoms with E-state index in [1.54, 1.807) is 0 Å². The van der Waals surface area contributed by atoms with Gasteiger partial charge in [-0.25, -0.2) is 0 Å². The Bertz CT molecular complexity index is 107. The highest BCUT2D eigenvalue weighted by Gasteiger charge is 1.73. The summed E-state index contributed by atoms with van der Waals surface area (Å²) in [6, 6.07) is 0. The van der Waals surface area contributed by atoms with Gasteiger partial charge in [-0.1, -0.05) is 0 Å². The normalized spacial score (nSPS) is 11.2. The summed E-state index contributed by atoms with van der Waals surface area (Å²) in [5.41, 5.74) is 0. The van der Waals surface area contributed by atoms with E-state index in [9.17, 15) is 0 Å². The van der Waals surface area contributed by atoms with Gasteiger partial charge in [0.25, 0.3) is 0 Å². The van der Waals surface area contributed by atoms with Crippen LogP contribution in [0.15, 0.2) is 24.6 Å². The van der Waals surface area contributed by atoms with E-state index in [1.165, 1.54) is 0 Å². The molecule has 0 rings (SSSR count). The van der Waals surface area contributed by atoms with Gasteiger partial charge in [-0.2, -0.15) is 0 Å². The smallest absolute Gasteiger partial charge is 0.00556 e. The molecule has 0 aliphatic carbocycles. The van der Waals surface area contributed by atoms with Crippen LogP contribution >= 0.6 is 0 Å². The van der Waals surface area contributed by atoms with Crippen LogP contribution in [-0.4, -0.2) is 38.0 Å². The van der Waals surface area contributed by atoms with Crippen LogP contribution < -0.4 is 0 Å². The van der Waals surface area contributed by atoms with Crippen molar-refractivity contribution in [1.29, 1.82) is 0 Å². The summed E-state index contributed by atoms with van der Waals surface area (Å²) in [7, 11) is 8.00. The average molecular weight is 140 g/mol. The summed E-state index contributed by atoms with van der Waals surface area (Å²) in [6.07, 6.45) is 8.00. The van der Waals surface area contributed by atoms with Crippen molar-refractivity contribution in [1.82, 2.24) is 9.80 Å². The highest BCUT2D eigenvalue weighted by Crippen LogP contribution is 1.81. The molecule has 0 spiro atoms. The van der Waals surface area contributed by atoms with Gasteiger partial charge in [0.05, 0.1) is 0 Å². The van der Waals surface area contributed by atoms with Gasteiger partial charge < -0.3 is 9.80 Å². The molecule has 0 radical (unpaired) electrons. The van der Waals surface area contributed by atoms with Gasteiger partial charge in [0, 0.05) is 28.2 Å². The topological polar surface area (TPSA) is 6.48 Å². The van der Waals surface area contributed by atoms with Crippen molar-refractivity contribution in [3.63, 3.8) is 0 Å². The standard InChI is InChI=1S/C8H16N2/c1-9(2)7-5-6-8-10(3)4/h5-8H,1-4H3/b7-5-,8-6+. The molecule has 0 bridgehead atoms. The number of nitrogens with zero attached hydrogens (tertiary/aromatic N) is 2. The van der Waals surface area contributed by atoms with Crippen molar-refractivity contribution in [2.24, 2.45) is 0 Å². The van der Waals surface area contributed by atoms with Crippen LogP contribution in [0.1, 0.15) is 0 Å². The third kappa shape index (κ3) is 7.08. The minimum absolute atomic E-state index is 2.00. The molecule has 2 nitrogen and oxygen atoms in total. The van der Waals surface area contributed by atoms with Crippen LogP contribution in [0.2, 0.25) is 0 Å². The Hall–Kier alpha value is -0.920. The number of hydrogen-bond donors (Lipinski definition) is 0. The number of allylic oxidation sites excluding steroid dienone is 2. The predicted molar refractivity (Wildman–Crippen MR) is 45.7 cm³/mol. The molecule has 0 saturated heterocycles. The van der Waals surface area contributed by atoms with Gasteiger partial charge in [-0.05, 0) is 24.6 Å². The summed E-state index contributed by atoms with van der Waals surface area (Å²) in [5, 5.41) is 0. The first kappa shape index (κ1) is 9.08. The minimum atomic E-state index is 2.00. The van der Waals surface area contributed by atoms with Gasteiger partial charge in [-0.3, -0.25) is 0 Å². The monoisotopic (exact) mass is 140 g/mol. The lowest BCUT2D eigenvalue weighted by molar-refractivity contribution is 0.558. The summed E-state index contributed by atoms with van der Waals surface area (Å²) >= 11 is 0. The van der Waals surface area contributed by atoms with Crippen LogP contribution in [-0.2, 0) is 0 Å². The highest BCUT2D eigenvalue weighted by molar-refractivity contribution is 5.00. The molecule has 2 heteroatoms. The van der Waals surface area contributed by atoms with Crippen molar-refractivity contribution in [2.45, 2.75) is 0 Å². The molecule has 58 valence electrons. The molecular weight excluding hydrogens is 124 g/mol. The van der Waals surface area contributed by atoms with Crippen molar-refractivity contribution >= 4 is 0 Å². The largest absolute Gasteiger partial charge is 0.383 e. The fourth-order valence-corrected chi connectivity index (χ4v) is 0.444. The highest BCUT2D eigenvalue weighted by atomic mass is 15.0. The van der Waals surface area contributed by atoms with Crippen LogP contribution in [0.4, 0.5) is 0 Å². The molecule has 0 heterocycles. The van der Waals surface area contributed by atoms with Crippen LogP contribution in [0.5, 0.6) is 0 Å². The zero-order valence-corrected chi connectivity index (χ0v) is 7.20. The van der Waals surface area contributed by atoms with Gasteiger partial charge in [0.1, 0.15) is 0 Å². The fraction of sp³-hybridized carbons (Fsp3) is 0.500. The maximum absolute atomic E-state index is 2.00. The number of rotatable bonds is 3. The predicted octanol–water partition coefficient (Wildman–Crippen LogP) is 1.14. The van der Waals surface area contributed by atoms with Crippen molar-refractivity contribution < 1.29 is 0 Å². The van der Waals surface area contributed by atoms with Crippen LogP contribution in [0, 0.1) is 0 Å². The zero-order valence-electron chi connectivity index (χ0n) is 7.20. The van der Waals surface area contributed by atoms with E-state index < -0.39 is 0 Å². The van der Waals surface area contributed by atoms with E-state index in [0.717, 1.165) is 0 Å². The Morgan fingerprint density at radius 2 is 1.00 bits per heavy atom. The molecule has 0 amide bonds. The van der Waals surface area contributed by atoms with E-state index in [0.29, 0.717) is 0 Å². The first-order valence-corrected chi connectivity index (χ1v) is 3.31.